The second kappa shape index (κ2) is 8.00. The second-order valence-corrected chi connectivity index (χ2v) is 6.80. The van der Waals surface area contributed by atoms with Gasteiger partial charge in [-0.1, -0.05) is 45.2 Å². The van der Waals surface area contributed by atoms with Crippen LogP contribution in [0, 0.1) is 5.92 Å². The molecule has 2 heterocycles. The molecule has 4 heteroatoms. The number of pyridine rings is 1. The quantitative estimate of drug-likeness (QED) is 0.851. The van der Waals surface area contributed by atoms with Crippen LogP contribution < -0.4 is 10.2 Å². The molecule has 1 aromatic heterocycles. The Morgan fingerprint density at radius 2 is 2.10 bits per heavy atom. The molecule has 1 saturated heterocycles. The van der Waals surface area contributed by atoms with Crippen LogP contribution in [-0.2, 0) is 6.54 Å². The molecule has 0 atom stereocenters. The number of aromatic nitrogens is 1. The normalized spacial score (nSPS) is 16.7. The largest absolute Gasteiger partial charge is 0.357 e. The molecule has 2 rings (SSSR count). The van der Waals surface area contributed by atoms with E-state index in [1.807, 2.05) is 0 Å². The zero-order valence-corrected chi connectivity index (χ0v) is 14.3. The second-order valence-electron chi connectivity index (χ2n) is 6.39. The summed E-state index contributed by atoms with van der Waals surface area (Å²) in [5.41, 5.74) is 1.14. The minimum absolute atomic E-state index is 0.461. The molecule has 118 valence electrons. The summed E-state index contributed by atoms with van der Waals surface area (Å²) in [6, 6.07) is 2.61. The van der Waals surface area contributed by atoms with Crippen molar-refractivity contribution < 1.29 is 0 Å². The average molecular weight is 310 g/mol. The Hall–Kier alpha value is -0.800. The molecule has 0 spiro atoms. The molecule has 1 aliphatic heterocycles. The van der Waals surface area contributed by atoms with E-state index in [1.165, 1.54) is 25.7 Å². The summed E-state index contributed by atoms with van der Waals surface area (Å²) in [4.78, 5) is 6.93. The van der Waals surface area contributed by atoms with Crippen LogP contribution in [0.5, 0.6) is 0 Å². The number of hydrogen-bond donors (Lipinski definition) is 1. The molecule has 0 bridgehead atoms. The first-order chi connectivity index (χ1) is 10.1. The van der Waals surface area contributed by atoms with E-state index in [0.717, 1.165) is 42.0 Å². The van der Waals surface area contributed by atoms with Crippen molar-refractivity contribution in [2.75, 3.05) is 18.0 Å². The van der Waals surface area contributed by atoms with Crippen molar-refractivity contribution >= 4 is 17.4 Å². The van der Waals surface area contributed by atoms with Crippen LogP contribution in [0.3, 0.4) is 0 Å². The van der Waals surface area contributed by atoms with Gasteiger partial charge in [0.25, 0.3) is 0 Å². The zero-order valence-electron chi connectivity index (χ0n) is 13.5. The molecule has 1 fully saturated rings. The van der Waals surface area contributed by atoms with Gasteiger partial charge in [-0.2, -0.15) is 0 Å². The Morgan fingerprint density at radius 3 is 2.71 bits per heavy atom. The van der Waals surface area contributed by atoms with Crippen LogP contribution in [0.2, 0.25) is 5.02 Å². The number of anilines is 1. The van der Waals surface area contributed by atoms with Gasteiger partial charge in [0.2, 0.25) is 0 Å². The fourth-order valence-corrected chi connectivity index (χ4v) is 3.12. The van der Waals surface area contributed by atoms with Gasteiger partial charge in [-0.3, -0.25) is 0 Å². The summed E-state index contributed by atoms with van der Waals surface area (Å²) in [6.45, 7) is 9.62. The molecule has 0 radical (unpaired) electrons. The standard InChI is InChI=1S/C17H28ClN3/c1-4-5-14-6-8-21(9-7-14)17-10-15(11-19-13(2)3)16(18)12-20-17/h10,12-14,19H,4-9,11H2,1-3H3. The monoisotopic (exact) mass is 309 g/mol. The summed E-state index contributed by atoms with van der Waals surface area (Å²) < 4.78 is 0. The molecule has 1 aromatic rings. The number of rotatable bonds is 6. The van der Waals surface area contributed by atoms with E-state index in [9.17, 15) is 0 Å². The van der Waals surface area contributed by atoms with E-state index in [0.29, 0.717) is 6.04 Å². The van der Waals surface area contributed by atoms with Crippen molar-refractivity contribution in [2.45, 2.75) is 59.0 Å². The fourth-order valence-electron chi connectivity index (χ4n) is 2.95. The molecule has 0 aromatic carbocycles. The van der Waals surface area contributed by atoms with Crippen LogP contribution in [0.1, 0.15) is 52.0 Å². The maximum atomic E-state index is 6.26. The minimum atomic E-state index is 0.461. The molecule has 0 aliphatic carbocycles. The number of nitrogens with one attached hydrogen (secondary N) is 1. The third-order valence-corrected chi connectivity index (χ3v) is 4.60. The smallest absolute Gasteiger partial charge is 0.128 e. The van der Waals surface area contributed by atoms with Crippen molar-refractivity contribution in [3.05, 3.63) is 22.8 Å². The van der Waals surface area contributed by atoms with Gasteiger partial charge in [0.05, 0.1) is 5.02 Å². The number of halogens is 1. The van der Waals surface area contributed by atoms with Crippen molar-refractivity contribution in [2.24, 2.45) is 5.92 Å². The molecule has 0 amide bonds. The maximum Gasteiger partial charge on any atom is 0.128 e. The van der Waals surface area contributed by atoms with Crippen molar-refractivity contribution in [3.63, 3.8) is 0 Å². The topological polar surface area (TPSA) is 28.2 Å². The van der Waals surface area contributed by atoms with E-state index in [-0.39, 0.29) is 0 Å². The molecule has 1 N–H and O–H groups in total. The van der Waals surface area contributed by atoms with Gasteiger partial charge in [-0.25, -0.2) is 4.98 Å². The van der Waals surface area contributed by atoms with Crippen LogP contribution in [0.4, 0.5) is 5.82 Å². The molecular formula is C17H28ClN3. The third-order valence-electron chi connectivity index (χ3n) is 4.26. The predicted molar refractivity (Wildman–Crippen MR) is 91.1 cm³/mol. The summed E-state index contributed by atoms with van der Waals surface area (Å²) in [5.74, 6) is 1.98. The summed E-state index contributed by atoms with van der Waals surface area (Å²) in [6.07, 6.45) is 7.04. The van der Waals surface area contributed by atoms with E-state index in [2.05, 4.69) is 42.0 Å². The lowest BCUT2D eigenvalue weighted by Gasteiger charge is -2.33. The summed E-state index contributed by atoms with van der Waals surface area (Å²) in [5, 5.41) is 4.18. The first-order valence-electron chi connectivity index (χ1n) is 8.23. The summed E-state index contributed by atoms with van der Waals surface area (Å²) >= 11 is 6.26. The highest BCUT2D eigenvalue weighted by Gasteiger charge is 2.20. The van der Waals surface area contributed by atoms with Gasteiger partial charge in [0.15, 0.2) is 0 Å². The van der Waals surface area contributed by atoms with Crippen molar-refractivity contribution in [1.29, 1.82) is 0 Å². The van der Waals surface area contributed by atoms with Gasteiger partial charge < -0.3 is 10.2 Å². The Morgan fingerprint density at radius 1 is 1.38 bits per heavy atom. The molecule has 21 heavy (non-hydrogen) atoms. The minimum Gasteiger partial charge on any atom is -0.357 e. The van der Waals surface area contributed by atoms with Crippen LogP contribution in [0.25, 0.3) is 0 Å². The van der Waals surface area contributed by atoms with Gasteiger partial charge >= 0.3 is 0 Å². The van der Waals surface area contributed by atoms with Crippen LogP contribution >= 0.6 is 11.6 Å². The predicted octanol–water partition coefficient (Wildman–Crippen LogP) is 4.25. The number of nitrogens with zero attached hydrogens (tertiary/aromatic N) is 2. The third kappa shape index (κ3) is 4.86. The fraction of sp³-hybridized carbons (Fsp3) is 0.706. The lowest BCUT2D eigenvalue weighted by molar-refractivity contribution is 0.377. The molecule has 1 aliphatic rings. The van der Waals surface area contributed by atoms with E-state index < -0.39 is 0 Å². The Kier molecular flexibility index (Phi) is 6.31. The van der Waals surface area contributed by atoms with Crippen LogP contribution in [0.15, 0.2) is 12.3 Å². The average Bonchev–Trinajstić information content (AvgIpc) is 2.47. The van der Waals surface area contributed by atoms with Crippen LogP contribution in [-0.4, -0.2) is 24.1 Å². The van der Waals surface area contributed by atoms with E-state index >= 15 is 0 Å². The van der Waals surface area contributed by atoms with Gasteiger partial charge in [0, 0.05) is 31.9 Å². The zero-order chi connectivity index (χ0) is 15.2. The first-order valence-corrected chi connectivity index (χ1v) is 8.60. The summed E-state index contributed by atoms with van der Waals surface area (Å²) in [7, 11) is 0. The Bertz CT molecular complexity index is 440. The Labute approximate surface area is 134 Å². The lowest BCUT2D eigenvalue weighted by atomic mass is 9.92. The number of piperidine rings is 1. The van der Waals surface area contributed by atoms with Gasteiger partial charge in [-0.15, -0.1) is 0 Å². The molecule has 0 saturated carbocycles. The van der Waals surface area contributed by atoms with Gasteiger partial charge in [0.1, 0.15) is 5.82 Å². The number of hydrogen-bond acceptors (Lipinski definition) is 3. The SMILES string of the molecule is CCCC1CCN(c2cc(CNC(C)C)c(Cl)cn2)CC1. The highest BCUT2D eigenvalue weighted by atomic mass is 35.5. The highest BCUT2D eigenvalue weighted by Crippen LogP contribution is 2.27. The highest BCUT2D eigenvalue weighted by molar-refractivity contribution is 6.31. The molecular weight excluding hydrogens is 282 g/mol. The lowest BCUT2D eigenvalue weighted by Crippen LogP contribution is -2.34. The molecule has 3 nitrogen and oxygen atoms in total. The van der Waals surface area contributed by atoms with Crippen molar-refractivity contribution in [3.8, 4) is 0 Å². The Balaban J connectivity index is 1.99. The maximum absolute atomic E-state index is 6.26. The van der Waals surface area contributed by atoms with E-state index in [1.54, 1.807) is 6.20 Å². The van der Waals surface area contributed by atoms with E-state index in [4.69, 9.17) is 11.6 Å². The van der Waals surface area contributed by atoms with Crippen molar-refractivity contribution in [1.82, 2.24) is 10.3 Å². The molecule has 0 unspecified atom stereocenters. The first kappa shape index (κ1) is 16.6. The van der Waals surface area contributed by atoms with Gasteiger partial charge in [-0.05, 0) is 30.4 Å².